The zero-order valence-corrected chi connectivity index (χ0v) is 15.1. The Morgan fingerprint density at radius 1 is 1.35 bits per heavy atom. The minimum Gasteiger partial charge on any atom is -0.480 e. The first-order valence-electron chi connectivity index (χ1n) is 7.83. The number of halogens is 1. The number of hydrogen-bond acceptors (Lipinski definition) is 6. The van der Waals surface area contributed by atoms with Crippen molar-refractivity contribution in [1.82, 2.24) is 9.78 Å². The van der Waals surface area contributed by atoms with Crippen molar-refractivity contribution in [2.75, 3.05) is 25.1 Å². The molecular formula is C17H18ClN3O5. The lowest BCUT2D eigenvalue weighted by Crippen LogP contribution is -2.33. The van der Waals surface area contributed by atoms with Crippen molar-refractivity contribution in [3.8, 4) is 5.69 Å². The van der Waals surface area contributed by atoms with Crippen LogP contribution in [0.4, 0.5) is 5.69 Å². The van der Waals surface area contributed by atoms with Crippen LogP contribution in [-0.2, 0) is 9.53 Å². The Morgan fingerprint density at radius 2 is 2.04 bits per heavy atom. The summed E-state index contributed by atoms with van der Waals surface area (Å²) in [5.74, 6) is -1.66. The highest BCUT2D eigenvalue weighted by Crippen LogP contribution is 2.22. The normalized spacial score (nSPS) is 10.4. The number of carboxylic acids is 1. The van der Waals surface area contributed by atoms with E-state index in [0.717, 1.165) is 4.68 Å². The molecule has 0 aliphatic carbocycles. The molecule has 2 aromatic rings. The quantitative estimate of drug-likeness (QED) is 0.734. The zero-order chi connectivity index (χ0) is 19.3. The van der Waals surface area contributed by atoms with Gasteiger partial charge in [-0.1, -0.05) is 30.7 Å². The summed E-state index contributed by atoms with van der Waals surface area (Å²) in [4.78, 5) is 37.1. The van der Waals surface area contributed by atoms with Crippen molar-refractivity contribution in [2.45, 2.75) is 13.3 Å². The van der Waals surface area contributed by atoms with E-state index >= 15 is 0 Å². The second-order valence-electron chi connectivity index (χ2n) is 5.38. The van der Waals surface area contributed by atoms with Crippen molar-refractivity contribution >= 4 is 29.2 Å². The van der Waals surface area contributed by atoms with Gasteiger partial charge in [0.1, 0.15) is 11.6 Å². The lowest BCUT2D eigenvalue weighted by Gasteiger charge is -2.23. The number of carbonyl (C=O) groups is 2. The predicted molar refractivity (Wildman–Crippen MR) is 96.3 cm³/mol. The van der Waals surface area contributed by atoms with E-state index in [1.807, 2.05) is 6.92 Å². The van der Waals surface area contributed by atoms with Crippen molar-refractivity contribution < 1.29 is 19.4 Å². The Hall–Kier alpha value is -2.87. The standard InChI is InChI=1S/C17H18ClN3O5/c1-3-8-20(10-14(22)23)13-9-19-21(16(24)15(13)18)12-7-5-4-6-11(12)17(25)26-2/h4-7,9H,3,8,10H2,1-2H3,(H,22,23). The van der Waals surface area contributed by atoms with E-state index < -0.39 is 17.5 Å². The van der Waals surface area contributed by atoms with Crippen LogP contribution in [0.25, 0.3) is 5.69 Å². The number of ether oxygens (including phenoxy) is 1. The number of para-hydroxylation sites is 1. The Kier molecular flexibility index (Phi) is 6.35. The number of rotatable bonds is 7. The predicted octanol–water partition coefficient (Wildman–Crippen LogP) is 1.97. The van der Waals surface area contributed by atoms with E-state index in [1.165, 1.54) is 30.3 Å². The van der Waals surface area contributed by atoms with E-state index in [-0.39, 0.29) is 28.5 Å². The molecule has 138 valence electrons. The second kappa shape index (κ2) is 8.48. The van der Waals surface area contributed by atoms with E-state index in [4.69, 9.17) is 21.4 Å². The highest BCUT2D eigenvalue weighted by Gasteiger charge is 2.20. The van der Waals surface area contributed by atoms with Gasteiger partial charge in [0.2, 0.25) is 0 Å². The number of aromatic nitrogens is 2. The summed E-state index contributed by atoms with van der Waals surface area (Å²) in [6.07, 6.45) is 1.98. The van der Waals surface area contributed by atoms with Gasteiger partial charge in [0.15, 0.2) is 0 Å². The highest BCUT2D eigenvalue weighted by molar-refractivity contribution is 6.33. The number of methoxy groups -OCH3 is 1. The minimum atomic E-state index is -1.05. The molecule has 2 rings (SSSR count). The lowest BCUT2D eigenvalue weighted by atomic mass is 10.2. The summed E-state index contributed by atoms with van der Waals surface area (Å²) in [5, 5.41) is 13.0. The van der Waals surface area contributed by atoms with Gasteiger partial charge in [-0.2, -0.15) is 9.78 Å². The third-order valence-corrected chi connectivity index (χ3v) is 3.95. The molecule has 0 bridgehead atoms. The number of carboxylic acid groups (broad SMARTS) is 1. The van der Waals surface area contributed by atoms with Crippen LogP contribution in [-0.4, -0.2) is 47.0 Å². The molecule has 1 aromatic carbocycles. The summed E-state index contributed by atoms with van der Waals surface area (Å²) < 4.78 is 5.71. The first-order chi connectivity index (χ1) is 12.4. The van der Waals surface area contributed by atoms with Crippen LogP contribution < -0.4 is 10.5 Å². The fourth-order valence-electron chi connectivity index (χ4n) is 2.47. The van der Waals surface area contributed by atoms with Crippen molar-refractivity contribution in [3.63, 3.8) is 0 Å². The molecule has 0 radical (unpaired) electrons. The molecule has 1 heterocycles. The largest absolute Gasteiger partial charge is 0.480 e. The summed E-state index contributed by atoms with van der Waals surface area (Å²) in [6.45, 7) is 1.97. The molecule has 8 nitrogen and oxygen atoms in total. The summed E-state index contributed by atoms with van der Waals surface area (Å²) in [5.41, 5.74) is -0.0535. The van der Waals surface area contributed by atoms with Crippen LogP contribution in [0.2, 0.25) is 5.02 Å². The Labute approximate surface area is 154 Å². The van der Waals surface area contributed by atoms with Crippen LogP contribution in [0.3, 0.4) is 0 Å². The summed E-state index contributed by atoms with van der Waals surface area (Å²) >= 11 is 6.20. The lowest BCUT2D eigenvalue weighted by molar-refractivity contribution is -0.135. The summed E-state index contributed by atoms with van der Waals surface area (Å²) in [6, 6.07) is 6.32. The number of benzene rings is 1. The average molecular weight is 380 g/mol. The van der Waals surface area contributed by atoms with Crippen LogP contribution in [0.5, 0.6) is 0 Å². The minimum absolute atomic E-state index is 0.157. The molecular weight excluding hydrogens is 362 g/mol. The number of aliphatic carboxylic acids is 1. The molecule has 0 fully saturated rings. The van der Waals surface area contributed by atoms with Crippen molar-refractivity contribution in [2.24, 2.45) is 0 Å². The molecule has 1 aromatic heterocycles. The molecule has 0 amide bonds. The van der Waals surface area contributed by atoms with Crippen molar-refractivity contribution in [3.05, 3.63) is 51.4 Å². The smallest absolute Gasteiger partial charge is 0.340 e. The molecule has 9 heteroatoms. The third kappa shape index (κ3) is 4.02. The van der Waals surface area contributed by atoms with Gasteiger partial charge in [0, 0.05) is 6.54 Å². The van der Waals surface area contributed by atoms with Crippen LogP contribution >= 0.6 is 11.6 Å². The fraction of sp³-hybridized carbons (Fsp3) is 0.294. The molecule has 26 heavy (non-hydrogen) atoms. The highest BCUT2D eigenvalue weighted by atomic mass is 35.5. The third-order valence-electron chi connectivity index (χ3n) is 3.60. The van der Waals surface area contributed by atoms with Gasteiger partial charge in [-0.25, -0.2) is 4.79 Å². The molecule has 0 saturated heterocycles. The molecule has 0 aliphatic heterocycles. The van der Waals surface area contributed by atoms with E-state index in [9.17, 15) is 14.4 Å². The number of hydrogen-bond donors (Lipinski definition) is 1. The second-order valence-corrected chi connectivity index (χ2v) is 5.76. The topological polar surface area (TPSA) is 102 Å². The Morgan fingerprint density at radius 3 is 2.65 bits per heavy atom. The van der Waals surface area contributed by atoms with E-state index in [1.54, 1.807) is 12.1 Å². The Balaban J connectivity index is 2.56. The maximum absolute atomic E-state index is 12.7. The number of anilines is 1. The Bertz CT molecular complexity index is 881. The molecule has 0 atom stereocenters. The van der Waals surface area contributed by atoms with Crippen LogP contribution in [0, 0.1) is 0 Å². The van der Waals surface area contributed by atoms with Gasteiger partial charge in [0.05, 0.1) is 30.2 Å². The van der Waals surface area contributed by atoms with E-state index in [2.05, 4.69) is 5.10 Å². The van der Waals surface area contributed by atoms with Gasteiger partial charge in [0.25, 0.3) is 5.56 Å². The van der Waals surface area contributed by atoms with Gasteiger partial charge in [-0.3, -0.25) is 9.59 Å². The molecule has 0 saturated carbocycles. The zero-order valence-electron chi connectivity index (χ0n) is 14.3. The molecule has 0 unspecified atom stereocenters. The van der Waals surface area contributed by atoms with Gasteiger partial charge < -0.3 is 14.7 Å². The number of carbonyl (C=O) groups excluding carboxylic acids is 1. The number of esters is 1. The average Bonchev–Trinajstić information content (AvgIpc) is 2.62. The first kappa shape index (κ1) is 19.5. The van der Waals surface area contributed by atoms with Gasteiger partial charge >= 0.3 is 11.9 Å². The fourth-order valence-corrected chi connectivity index (χ4v) is 2.72. The molecule has 0 spiro atoms. The maximum Gasteiger partial charge on any atom is 0.340 e. The van der Waals surface area contributed by atoms with Gasteiger partial charge in [-0.15, -0.1) is 0 Å². The van der Waals surface area contributed by atoms with Crippen LogP contribution in [0.15, 0.2) is 35.3 Å². The van der Waals surface area contributed by atoms with Crippen LogP contribution in [0.1, 0.15) is 23.7 Å². The molecule has 1 N–H and O–H groups in total. The summed E-state index contributed by atoms with van der Waals surface area (Å²) in [7, 11) is 1.24. The van der Waals surface area contributed by atoms with Gasteiger partial charge in [-0.05, 0) is 18.6 Å². The van der Waals surface area contributed by atoms with Crippen molar-refractivity contribution in [1.29, 1.82) is 0 Å². The van der Waals surface area contributed by atoms with E-state index in [0.29, 0.717) is 13.0 Å². The SMILES string of the molecule is CCCN(CC(=O)O)c1cnn(-c2ccccc2C(=O)OC)c(=O)c1Cl. The maximum atomic E-state index is 12.7. The molecule has 0 aliphatic rings. The monoisotopic (exact) mass is 379 g/mol. The first-order valence-corrected chi connectivity index (χ1v) is 8.20. The number of nitrogens with zero attached hydrogens (tertiary/aromatic N) is 3.